The molecule has 1 amide bonds. The van der Waals surface area contributed by atoms with E-state index in [1.165, 1.54) is 11.0 Å². The van der Waals surface area contributed by atoms with E-state index in [2.05, 4.69) is 0 Å². The molecule has 0 radical (unpaired) electrons. The monoisotopic (exact) mass is 266 g/mol. The highest BCUT2D eigenvalue weighted by Gasteiger charge is 2.17. The van der Waals surface area contributed by atoms with Crippen molar-refractivity contribution in [1.29, 1.82) is 0 Å². The van der Waals surface area contributed by atoms with E-state index in [9.17, 15) is 14.9 Å². The molecule has 19 heavy (non-hydrogen) atoms. The molecule has 0 aromatic heterocycles. The molecule has 1 rings (SSSR count). The first-order chi connectivity index (χ1) is 8.91. The van der Waals surface area contributed by atoms with Crippen LogP contribution < -0.4 is 0 Å². The van der Waals surface area contributed by atoms with Gasteiger partial charge in [0.1, 0.15) is 6.61 Å². The molecule has 0 aliphatic rings. The van der Waals surface area contributed by atoms with Crippen LogP contribution in [0.15, 0.2) is 24.3 Å². The fraction of sp³-hybridized carbons (Fsp3) is 0.462. The van der Waals surface area contributed by atoms with Crippen LogP contribution in [0.5, 0.6) is 0 Å². The molecule has 0 saturated heterocycles. The van der Waals surface area contributed by atoms with E-state index in [0.717, 1.165) is 0 Å². The van der Waals surface area contributed by atoms with Crippen LogP contribution in [0.25, 0.3) is 0 Å². The normalized spacial score (nSPS) is 10.5. The summed E-state index contributed by atoms with van der Waals surface area (Å²) >= 11 is 0. The summed E-state index contributed by atoms with van der Waals surface area (Å²) in [7, 11) is 1.60. The predicted octanol–water partition coefficient (Wildman–Crippen LogP) is 1.98. The SMILES string of the molecule is CC(C)OCC(=O)N(C)Cc1ccccc1[N+](=O)[O-]. The molecular weight excluding hydrogens is 248 g/mol. The summed E-state index contributed by atoms with van der Waals surface area (Å²) in [6.07, 6.45) is -0.0246. The van der Waals surface area contributed by atoms with Crippen molar-refractivity contribution in [3.05, 3.63) is 39.9 Å². The first-order valence-corrected chi connectivity index (χ1v) is 5.99. The molecule has 0 atom stereocenters. The van der Waals surface area contributed by atoms with Gasteiger partial charge in [0.05, 0.1) is 17.6 Å². The van der Waals surface area contributed by atoms with Crippen LogP contribution in [0.1, 0.15) is 19.4 Å². The molecule has 6 heteroatoms. The summed E-state index contributed by atoms with van der Waals surface area (Å²) in [5, 5.41) is 10.9. The maximum atomic E-state index is 11.8. The molecule has 0 N–H and O–H groups in total. The fourth-order valence-electron chi connectivity index (χ4n) is 1.51. The summed E-state index contributed by atoms with van der Waals surface area (Å²) in [5.74, 6) is -0.202. The van der Waals surface area contributed by atoms with Crippen molar-refractivity contribution in [2.24, 2.45) is 0 Å². The highest BCUT2D eigenvalue weighted by atomic mass is 16.6. The number of carbonyl (C=O) groups is 1. The third-order valence-electron chi connectivity index (χ3n) is 2.56. The van der Waals surface area contributed by atoms with Gasteiger partial charge >= 0.3 is 0 Å². The molecular formula is C13H18N2O4. The number of amides is 1. The van der Waals surface area contributed by atoms with Crippen LogP contribution in [0, 0.1) is 10.1 Å². The number of nitro groups is 1. The van der Waals surface area contributed by atoms with Gasteiger partial charge in [-0.05, 0) is 13.8 Å². The van der Waals surface area contributed by atoms with Crippen molar-refractivity contribution in [3.63, 3.8) is 0 Å². The standard InChI is InChI=1S/C13H18N2O4/c1-10(2)19-9-13(16)14(3)8-11-6-4-5-7-12(11)15(17)18/h4-7,10H,8-9H2,1-3H3. The van der Waals surface area contributed by atoms with E-state index in [4.69, 9.17) is 4.74 Å². The summed E-state index contributed by atoms with van der Waals surface area (Å²) < 4.78 is 5.22. The lowest BCUT2D eigenvalue weighted by Gasteiger charge is -2.18. The molecule has 1 aromatic carbocycles. The van der Waals surface area contributed by atoms with E-state index in [0.29, 0.717) is 5.56 Å². The molecule has 0 aliphatic carbocycles. The van der Waals surface area contributed by atoms with Gasteiger partial charge in [-0.1, -0.05) is 18.2 Å². The summed E-state index contributed by atoms with van der Waals surface area (Å²) in [6.45, 7) is 3.86. The quantitative estimate of drug-likeness (QED) is 0.583. The molecule has 104 valence electrons. The van der Waals surface area contributed by atoms with Crippen LogP contribution in [0.2, 0.25) is 0 Å². The number of rotatable bonds is 6. The van der Waals surface area contributed by atoms with Gasteiger partial charge in [-0.3, -0.25) is 14.9 Å². The lowest BCUT2D eigenvalue weighted by Crippen LogP contribution is -2.31. The Morgan fingerprint density at radius 1 is 1.42 bits per heavy atom. The Kier molecular flexibility index (Phi) is 5.44. The van der Waals surface area contributed by atoms with E-state index in [-0.39, 0.29) is 30.9 Å². The van der Waals surface area contributed by atoms with Crippen LogP contribution in [0.3, 0.4) is 0 Å². The Morgan fingerprint density at radius 3 is 2.63 bits per heavy atom. The van der Waals surface area contributed by atoms with Crippen molar-refractivity contribution in [2.45, 2.75) is 26.5 Å². The van der Waals surface area contributed by atoms with Crippen LogP contribution in [-0.2, 0) is 16.1 Å². The number of benzene rings is 1. The van der Waals surface area contributed by atoms with Crippen molar-refractivity contribution in [1.82, 2.24) is 4.90 Å². The average Bonchev–Trinajstić information content (AvgIpc) is 2.36. The first-order valence-electron chi connectivity index (χ1n) is 5.99. The van der Waals surface area contributed by atoms with Gasteiger partial charge in [-0.2, -0.15) is 0 Å². The van der Waals surface area contributed by atoms with Crippen LogP contribution in [-0.4, -0.2) is 35.5 Å². The Morgan fingerprint density at radius 2 is 2.05 bits per heavy atom. The van der Waals surface area contributed by atoms with Gasteiger partial charge in [0, 0.05) is 18.7 Å². The third kappa shape index (κ3) is 4.67. The largest absolute Gasteiger partial charge is 0.369 e. The van der Waals surface area contributed by atoms with E-state index in [1.54, 1.807) is 25.2 Å². The Bertz CT molecular complexity index is 460. The highest BCUT2D eigenvalue weighted by Crippen LogP contribution is 2.18. The maximum Gasteiger partial charge on any atom is 0.274 e. The predicted molar refractivity (Wildman–Crippen MR) is 70.7 cm³/mol. The zero-order valence-electron chi connectivity index (χ0n) is 11.3. The first kappa shape index (κ1) is 15.1. The van der Waals surface area contributed by atoms with Gasteiger partial charge in [0.25, 0.3) is 5.69 Å². The lowest BCUT2D eigenvalue weighted by molar-refractivity contribution is -0.385. The van der Waals surface area contributed by atoms with Crippen LogP contribution in [0.4, 0.5) is 5.69 Å². The van der Waals surface area contributed by atoms with E-state index < -0.39 is 4.92 Å². The Balaban J connectivity index is 2.69. The number of nitrogens with zero attached hydrogens (tertiary/aromatic N) is 2. The lowest BCUT2D eigenvalue weighted by atomic mass is 10.1. The number of carbonyl (C=O) groups excluding carboxylic acids is 1. The van der Waals surface area contributed by atoms with Gasteiger partial charge < -0.3 is 9.64 Å². The summed E-state index contributed by atoms with van der Waals surface area (Å²) in [4.78, 5) is 23.6. The van der Waals surface area contributed by atoms with Gasteiger partial charge in [0.2, 0.25) is 5.91 Å². The molecule has 0 bridgehead atoms. The number of hydrogen-bond acceptors (Lipinski definition) is 4. The topological polar surface area (TPSA) is 72.7 Å². The minimum Gasteiger partial charge on any atom is -0.369 e. The summed E-state index contributed by atoms with van der Waals surface area (Å²) in [5.41, 5.74) is 0.528. The number of nitro benzene ring substituents is 1. The summed E-state index contributed by atoms with van der Waals surface area (Å²) in [6, 6.07) is 6.39. The van der Waals surface area contributed by atoms with Gasteiger partial charge in [-0.15, -0.1) is 0 Å². The van der Waals surface area contributed by atoms with Crippen molar-refractivity contribution in [2.75, 3.05) is 13.7 Å². The van der Waals surface area contributed by atoms with Crippen molar-refractivity contribution < 1.29 is 14.5 Å². The smallest absolute Gasteiger partial charge is 0.274 e. The minimum absolute atomic E-state index is 0.0190. The molecule has 0 fully saturated rings. The van der Waals surface area contributed by atoms with E-state index >= 15 is 0 Å². The molecule has 0 saturated carbocycles. The Labute approximate surface area is 112 Å². The van der Waals surface area contributed by atoms with Gasteiger partial charge in [-0.25, -0.2) is 0 Å². The molecule has 1 aromatic rings. The molecule has 0 spiro atoms. The average molecular weight is 266 g/mol. The second-order valence-electron chi connectivity index (χ2n) is 4.50. The molecule has 6 nitrogen and oxygen atoms in total. The molecule has 0 aliphatic heterocycles. The molecule has 0 heterocycles. The number of ether oxygens (including phenoxy) is 1. The maximum absolute atomic E-state index is 11.8. The fourth-order valence-corrected chi connectivity index (χ4v) is 1.51. The second-order valence-corrected chi connectivity index (χ2v) is 4.50. The Hall–Kier alpha value is -1.95. The number of hydrogen-bond donors (Lipinski definition) is 0. The second kappa shape index (κ2) is 6.84. The zero-order chi connectivity index (χ0) is 14.4. The van der Waals surface area contributed by atoms with Crippen molar-refractivity contribution >= 4 is 11.6 Å². The highest BCUT2D eigenvalue weighted by molar-refractivity contribution is 5.77. The molecule has 0 unspecified atom stereocenters. The number of para-hydroxylation sites is 1. The van der Waals surface area contributed by atoms with E-state index in [1.807, 2.05) is 13.8 Å². The van der Waals surface area contributed by atoms with Crippen LogP contribution >= 0.6 is 0 Å². The van der Waals surface area contributed by atoms with Gasteiger partial charge in [0.15, 0.2) is 0 Å². The third-order valence-corrected chi connectivity index (χ3v) is 2.56. The number of likely N-dealkylation sites (N-methyl/N-ethyl adjacent to an activating group) is 1. The minimum atomic E-state index is -0.446. The zero-order valence-corrected chi connectivity index (χ0v) is 11.3. The van der Waals surface area contributed by atoms with Crippen molar-refractivity contribution in [3.8, 4) is 0 Å².